The van der Waals surface area contributed by atoms with Crippen LogP contribution < -0.4 is 5.32 Å². The zero-order chi connectivity index (χ0) is 18.7. The number of rotatable bonds is 5. The molecule has 3 rings (SSSR count). The number of aromatic nitrogens is 2. The van der Waals surface area contributed by atoms with Crippen LogP contribution in [0.25, 0.3) is 0 Å². The van der Waals surface area contributed by atoms with E-state index in [0.717, 1.165) is 16.1 Å². The number of carbonyl (C=O) groups is 1. The molecule has 0 spiro atoms. The van der Waals surface area contributed by atoms with E-state index in [2.05, 4.69) is 10.3 Å². The quantitative estimate of drug-likeness (QED) is 0.741. The Morgan fingerprint density at radius 3 is 2.65 bits per heavy atom. The molecule has 9 heteroatoms. The monoisotopic (exact) mass is 377 g/mol. The van der Waals surface area contributed by atoms with Crippen LogP contribution in [0, 0.1) is 11.6 Å². The van der Waals surface area contributed by atoms with Crippen LogP contribution in [-0.4, -0.2) is 23.3 Å². The summed E-state index contributed by atoms with van der Waals surface area (Å²) in [6.07, 6.45) is 3.88. The third-order valence-electron chi connectivity index (χ3n) is 3.50. The van der Waals surface area contributed by atoms with Crippen LogP contribution in [0.15, 0.2) is 61.1 Å². The lowest BCUT2D eigenvalue weighted by molar-refractivity contribution is 0.102. The molecule has 0 unspecified atom stereocenters. The maximum Gasteiger partial charge on any atom is 0.274 e. The Balaban J connectivity index is 1.77. The van der Waals surface area contributed by atoms with E-state index in [1.54, 1.807) is 12.1 Å². The summed E-state index contributed by atoms with van der Waals surface area (Å²) < 4.78 is 52.2. The van der Waals surface area contributed by atoms with Gasteiger partial charge in [-0.2, -0.15) is 0 Å². The van der Waals surface area contributed by atoms with E-state index in [1.165, 1.54) is 30.7 Å². The highest BCUT2D eigenvalue weighted by molar-refractivity contribution is 7.89. The third-order valence-corrected chi connectivity index (χ3v) is 5.04. The minimum atomic E-state index is -3.94. The van der Waals surface area contributed by atoms with Gasteiger partial charge in [0.25, 0.3) is 5.91 Å². The smallest absolute Gasteiger partial charge is 0.274 e. The van der Waals surface area contributed by atoms with E-state index in [1.807, 2.05) is 0 Å². The van der Waals surface area contributed by atoms with Gasteiger partial charge in [-0.3, -0.25) is 13.8 Å². The van der Waals surface area contributed by atoms with Crippen molar-refractivity contribution in [3.8, 4) is 0 Å². The van der Waals surface area contributed by atoms with Gasteiger partial charge in [-0.25, -0.2) is 17.2 Å². The molecule has 0 bridgehead atoms. The molecule has 0 saturated heterocycles. The second-order valence-corrected chi connectivity index (χ2v) is 7.27. The average Bonchev–Trinajstić information content (AvgIpc) is 3.08. The minimum absolute atomic E-state index is 0.154. The highest BCUT2D eigenvalue weighted by atomic mass is 32.2. The van der Waals surface area contributed by atoms with Crippen molar-refractivity contribution in [2.75, 3.05) is 5.32 Å². The molecule has 0 aliphatic rings. The highest BCUT2D eigenvalue weighted by Crippen LogP contribution is 2.17. The van der Waals surface area contributed by atoms with Crippen LogP contribution >= 0.6 is 0 Å². The molecule has 0 aliphatic heterocycles. The Morgan fingerprint density at radius 1 is 1.15 bits per heavy atom. The van der Waals surface area contributed by atoms with E-state index < -0.39 is 33.3 Å². The van der Waals surface area contributed by atoms with E-state index in [0.29, 0.717) is 6.07 Å². The third kappa shape index (κ3) is 3.94. The number of nitrogens with zero attached hydrogens (tertiary/aromatic N) is 2. The second-order valence-electron chi connectivity index (χ2n) is 5.39. The van der Waals surface area contributed by atoms with Gasteiger partial charge in [-0.05, 0) is 24.3 Å². The molecule has 134 valence electrons. The maximum atomic E-state index is 13.7. The Bertz CT molecular complexity index is 1050. The number of nitrogens with one attached hydrogen (secondary N) is 1. The molecular formula is C17H13F2N3O3S. The second kappa shape index (κ2) is 7.04. The largest absolute Gasteiger partial charge is 0.319 e. The van der Waals surface area contributed by atoms with Gasteiger partial charge in [0.05, 0.1) is 11.4 Å². The van der Waals surface area contributed by atoms with Gasteiger partial charge in [-0.15, -0.1) is 0 Å². The molecule has 26 heavy (non-hydrogen) atoms. The van der Waals surface area contributed by atoms with E-state index in [-0.39, 0.29) is 16.9 Å². The van der Waals surface area contributed by atoms with Crippen LogP contribution in [0.3, 0.4) is 0 Å². The van der Waals surface area contributed by atoms with Gasteiger partial charge in [0.15, 0.2) is 0 Å². The first-order valence-corrected chi connectivity index (χ1v) is 9.03. The molecular weight excluding hydrogens is 364 g/mol. The molecule has 2 heterocycles. The Hall–Kier alpha value is -3.07. The van der Waals surface area contributed by atoms with Crippen molar-refractivity contribution in [3.05, 3.63) is 83.9 Å². The number of halogens is 2. The summed E-state index contributed by atoms with van der Waals surface area (Å²) in [5, 5.41) is 2.52. The van der Waals surface area contributed by atoms with Crippen molar-refractivity contribution in [1.29, 1.82) is 0 Å². The fourth-order valence-electron chi connectivity index (χ4n) is 2.23. The van der Waals surface area contributed by atoms with Crippen molar-refractivity contribution in [1.82, 2.24) is 8.96 Å². The first kappa shape index (κ1) is 17.7. The van der Waals surface area contributed by atoms with Crippen molar-refractivity contribution in [2.45, 2.75) is 5.75 Å². The lowest BCUT2D eigenvalue weighted by atomic mass is 10.2. The predicted octanol–water partition coefficient (Wildman–Crippen LogP) is 2.79. The van der Waals surface area contributed by atoms with Crippen molar-refractivity contribution >= 4 is 21.6 Å². The number of amides is 1. The fraction of sp³-hybridized carbons (Fsp3) is 0.0588. The van der Waals surface area contributed by atoms with E-state index in [9.17, 15) is 22.0 Å². The molecule has 1 N–H and O–H groups in total. The molecule has 0 atom stereocenters. The molecule has 3 aromatic rings. The van der Waals surface area contributed by atoms with Crippen LogP contribution in [-0.2, 0) is 15.8 Å². The lowest BCUT2D eigenvalue weighted by Crippen LogP contribution is -2.15. The molecule has 1 amide bonds. The van der Waals surface area contributed by atoms with Crippen LogP contribution in [0.1, 0.15) is 16.1 Å². The van der Waals surface area contributed by atoms with E-state index >= 15 is 0 Å². The predicted molar refractivity (Wildman–Crippen MR) is 91.0 cm³/mol. The molecule has 0 saturated carbocycles. The molecule has 0 radical (unpaired) electrons. The van der Waals surface area contributed by atoms with Gasteiger partial charge >= 0.3 is 0 Å². The normalized spacial score (nSPS) is 11.3. The lowest BCUT2D eigenvalue weighted by Gasteiger charge is -2.07. The molecule has 1 aromatic carbocycles. The maximum absolute atomic E-state index is 13.7. The highest BCUT2D eigenvalue weighted by Gasteiger charge is 2.18. The van der Waals surface area contributed by atoms with Gasteiger partial charge < -0.3 is 5.32 Å². The SMILES string of the molecule is O=C(Nc1ccn(S(=O)(=O)Cc2ccc(F)cc2F)c1)c1ccccn1. The Morgan fingerprint density at radius 2 is 1.96 bits per heavy atom. The summed E-state index contributed by atoms with van der Waals surface area (Å²) in [5.74, 6) is -2.87. The number of carbonyl (C=O) groups excluding carboxylic acids is 1. The average molecular weight is 377 g/mol. The first-order valence-electron chi connectivity index (χ1n) is 7.43. The van der Waals surface area contributed by atoms with Crippen LogP contribution in [0.4, 0.5) is 14.5 Å². The van der Waals surface area contributed by atoms with Gasteiger partial charge in [-0.1, -0.05) is 12.1 Å². The zero-order valence-electron chi connectivity index (χ0n) is 13.3. The number of pyridine rings is 1. The van der Waals surface area contributed by atoms with Crippen molar-refractivity contribution < 1.29 is 22.0 Å². The van der Waals surface area contributed by atoms with E-state index in [4.69, 9.17) is 0 Å². The van der Waals surface area contributed by atoms with Gasteiger partial charge in [0, 0.05) is 30.2 Å². The topological polar surface area (TPSA) is 81.1 Å². The van der Waals surface area contributed by atoms with Crippen molar-refractivity contribution in [3.63, 3.8) is 0 Å². The number of hydrogen-bond donors (Lipinski definition) is 1. The number of benzene rings is 1. The molecule has 2 aromatic heterocycles. The summed E-state index contributed by atoms with van der Waals surface area (Å²) in [6, 6.07) is 8.90. The van der Waals surface area contributed by atoms with Crippen molar-refractivity contribution in [2.24, 2.45) is 0 Å². The number of hydrogen-bond acceptors (Lipinski definition) is 4. The summed E-state index contributed by atoms with van der Waals surface area (Å²) in [6.45, 7) is 0. The summed E-state index contributed by atoms with van der Waals surface area (Å²) >= 11 is 0. The summed E-state index contributed by atoms with van der Waals surface area (Å²) in [5.41, 5.74) is 0.263. The standard InChI is InChI=1S/C17H13F2N3O3S/c18-13-5-4-12(15(19)9-13)11-26(24,25)22-8-6-14(10-22)21-17(23)16-3-1-2-7-20-16/h1-10H,11H2,(H,21,23). The molecule has 0 aliphatic carbocycles. The van der Waals surface area contributed by atoms with Gasteiger partial charge in [0.2, 0.25) is 10.0 Å². The van der Waals surface area contributed by atoms with Crippen LogP contribution in [0.5, 0.6) is 0 Å². The first-order chi connectivity index (χ1) is 12.3. The summed E-state index contributed by atoms with van der Waals surface area (Å²) in [4.78, 5) is 15.9. The molecule has 6 nitrogen and oxygen atoms in total. The Kier molecular flexibility index (Phi) is 4.81. The number of anilines is 1. The summed E-state index contributed by atoms with van der Waals surface area (Å²) in [7, 11) is -3.94. The Labute approximate surface area is 148 Å². The zero-order valence-corrected chi connectivity index (χ0v) is 14.1. The fourth-order valence-corrected chi connectivity index (χ4v) is 3.52. The molecule has 0 fully saturated rings. The minimum Gasteiger partial charge on any atom is -0.319 e. The van der Waals surface area contributed by atoms with Crippen LogP contribution in [0.2, 0.25) is 0 Å². The van der Waals surface area contributed by atoms with Gasteiger partial charge in [0.1, 0.15) is 17.3 Å².